The first-order valence-corrected chi connectivity index (χ1v) is 11.5. The number of halogens is 1. The van der Waals surface area contributed by atoms with E-state index in [9.17, 15) is 22.4 Å². The second kappa shape index (κ2) is 9.70. The van der Waals surface area contributed by atoms with Gasteiger partial charge in [-0.25, -0.2) is 23.1 Å². The van der Waals surface area contributed by atoms with Gasteiger partial charge in [0.1, 0.15) is 16.1 Å². The zero-order valence-corrected chi connectivity index (χ0v) is 17.8. The number of thiophene rings is 1. The second-order valence-electron chi connectivity index (χ2n) is 6.63. The van der Waals surface area contributed by atoms with Gasteiger partial charge in [-0.05, 0) is 29.8 Å². The number of nitrogens with one attached hydrogen (secondary N) is 2. The van der Waals surface area contributed by atoms with Gasteiger partial charge in [0.05, 0.1) is 6.61 Å². The van der Waals surface area contributed by atoms with E-state index in [0.29, 0.717) is 10.4 Å². The predicted octanol–water partition coefficient (Wildman–Crippen LogP) is 0.436. The summed E-state index contributed by atoms with van der Waals surface area (Å²) in [5.74, 6) is -1.38. The predicted molar refractivity (Wildman–Crippen MR) is 109 cm³/mol. The van der Waals surface area contributed by atoms with E-state index in [1.54, 1.807) is 6.07 Å². The van der Waals surface area contributed by atoms with Crippen molar-refractivity contribution in [2.24, 2.45) is 0 Å². The number of hydrogen-bond acceptors (Lipinski definition) is 7. The van der Waals surface area contributed by atoms with Crippen LogP contribution in [-0.4, -0.2) is 78.7 Å². The number of carbonyl (C=O) groups excluding carboxylic acids is 2. The van der Waals surface area contributed by atoms with E-state index < -0.39 is 33.8 Å². The smallest absolute Gasteiger partial charge is 0.317 e. The molecule has 2 aromatic rings. The third-order valence-electron chi connectivity index (χ3n) is 4.69. The van der Waals surface area contributed by atoms with Crippen molar-refractivity contribution in [2.75, 3.05) is 32.8 Å². The van der Waals surface area contributed by atoms with Gasteiger partial charge in [0.2, 0.25) is 0 Å². The van der Waals surface area contributed by atoms with Crippen LogP contribution < -0.4 is 10.8 Å². The molecule has 1 atom stereocenters. The van der Waals surface area contributed by atoms with Crippen molar-refractivity contribution < 1.29 is 32.7 Å². The Kier molecular flexibility index (Phi) is 7.23. The number of sulfonamides is 1. The molecule has 0 aliphatic carbocycles. The molecule has 168 valence electrons. The molecule has 1 aliphatic heterocycles. The third-order valence-corrected chi connectivity index (χ3v) is 8.20. The van der Waals surface area contributed by atoms with E-state index in [0.717, 1.165) is 15.6 Å². The average Bonchev–Trinajstić information content (AvgIpc) is 3.28. The molecule has 3 amide bonds. The monoisotopic (exact) mass is 472 g/mol. The fourth-order valence-corrected chi connectivity index (χ4v) is 6.16. The number of piperazine rings is 1. The molecule has 31 heavy (non-hydrogen) atoms. The molecule has 1 fully saturated rings. The Labute approximate surface area is 181 Å². The Hall–Kier alpha value is -2.58. The summed E-state index contributed by atoms with van der Waals surface area (Å²) in [6.07, 6.45) is 0. The van der Waals surface area contributed by atoms with Crippen LogP contribution in [0.3, 0.4) is 0 Å². The van der Waals surface area contributed by atoms with Gasteiger partial charge < -0.3 is 15.3 Å². The molecule has 2 heterocycles. The van der Waals surface area contributed by atoms with Crippen LogP contribution in [0.25, 0.3) is 10.4 Å². The molecule has 1 unspecified atom stereocenters. The van der Waals surface area contributed by atoms with Crippen LogP contribution in [0.15, 0.2) is 40.6 Å². The summed E-state index contributed by atoms with van der Waals surface area (Å²) < 4.78 is 40.5. The summed E-state index contributed by atoms with van der Waals surface area (Å²) in [5.41, 5.74) is 2.09. The minimum Gasteiger partial charge on any atom is -0.395 e. The highest BCUT2D eigenvalue weighted by Crippen LogP contribution is 2.33. The molecule has 0 bridgehead atoms. The molecule has 1 saturated heterocycles. The lowest BCUT2D eigenvalue weighted by atomic mass is 10.2. The number of benzene rings is 1. The largest absolute Gasteiger partial charge is 0.395 e. The Balaban J connectivity index is 1.84. The first kappa shape index (κ1) is 23.1. The maximum Gasteiger partial charge on any atom is 0.317 e. The Bertz CT molecular complexity index is 1040. The summed E-state index contributed by atoms with van der Waals surface area (Å²) in [7, 11) is -4.12. The minimum absolute atomic E-state index is 0.00949. The fourth-order valence-electron chi connectivity index (χ4n) is 3.14. The fraction of sp³-hybridized carbons (Fsp3) is 0.333. The van der Waals surface area contributed by atoms with Crippen molar-refractivity contribution in [2.45, 2.75) is 10.3 Å². The van der Waals surface area contributed by atoms with Gasteiger partial charge in [0.25, 0.3) is 15.9 Å². The lowest BCUT2D eigenvalue weighted by Crippen LogP contribution is -2.62. The number of hydrogen-bond donors (Lipinski definition) is 4. The zero-order chi connectivity index (χ0) is 22.6. The molecule has 1 aromatic carbocycles. The van der Waals surface area contributed by atoms with Crippen molar-refractivity contribution in [1.82, 2.24) is 20.0 Å². The van der Waals surface area contributed by atoms with Crippen molar-refractivity contribution >= 4 is 33.3 Å². The van der Waals surface area contributed by atoms with Gasteiger partial charge >= 0.3 is 6.03 Å². The van der Waals surface area contributed by atoms with Gasteiger partial charge in [-0.2, -0.15) is 4.31 Å². The molecule has 0 saturated carbocycles. The number of aliphatic hydroxyl groups is 1. The van der Waals surface area contributed by atoms with Gasteiger partial charge in [-0.15, -0.1) is 11.3 Å². The van der Waals surface area contributed by atoms with Gasteiger partial charge in [-0.3, -0.25) is 10.0 Å². The van der Waals surface area contributed by atoms with Crippen LogP contribution in [0.5, 0.6) is 0 Å². The van der Waals surface area contributed by atoms with E-state index in [1.807, 2.05) is 0 Å². The summed E-state index contributed by atoms with van der Waals surface area (Å²) in [4.78, 5) is 26.2. The summed E-state index contributed by atoms with van der Waals surface area (Å²) in [6.45, 7) is -0.692. The van der Waals surface area contributed by atoms with Crippen molar-refractivity contribution in [3.8, 4) is 10.4 Å². The molecular formula is C18H21FN4O6S2. The molecule has 13 heteroatoms. The molecule has 1 aliphatic rings. The third kappa shape index (κ3) is 5.02. The van der Waals surface area contributed by atoms with Crippen molar-refractivity contribution in [1.29, 1.82) is 0 Å². The van der Waals surface area contributed by atoms with Crippen LogP contribution in [-0.2, 0) is 14.8 Å². The zero-order valence-electron chi connectivity index (χ0n) is 16.2. The van der Waals surface area contributed by atoms with Crippen LogP contribution >= 0.6 is 11.3 Å². The maximum absolute atomic E-state index is 13.2. The lowest BCUT2D eigenvalue weighted by Gasteiger charge is -2.38. The molecule has 0 radical (unpaired) electrons. The average molecular weight is 473 g/mol. The number of carbonyl (C=O) groups is 2. The maximum atomic E-state index is 13.2. The minimum atomic E-state index is -4.12. The van der Waals surface area contributed by atoms with Gasteiger partial charge in [-0.1, -0.05) is 12.1 Å². The molecular weight excluding hydrogens is 451 g/mol. The van der Waals surface area contributed by atoms with E-state index in [-0.39, 0.29) is 37.0 Å². The first-order chi connectivity index (χ1) is 14.8. The molecule has 3 rings (SSSR count). The Morgan fingerprint density at radius 1 is 1.16 bits per heavy atom. The quantitative estimate of drug-likeness (QED) is 0.355. The number of urea groups is 1. The van der Waals surface area contributed by atoms with Crippen LogP contribution in [0, 0.1) is 5.82 Å². The molecule has 4 N–H and O–H groups in total. The van der Waals surface area contributed by atoms with Crippen molar-refractivity contribution in [3.63, 3.8) is 0 Å². The molecule has 10 nitrogen and oxygen atoms in total. The topological polar surface area (TPSA) is 139 Å². The molecule has 1 aromatic heterocycles. The van der Waals surface area contributed by atoms with Crippen LogP contribution in [0.4, 0.5) is 9.18 Å². The summed E-state index contributed by atoms with van der Waals surface area (Å²) in [6, 6.07) is 6.68. The Morgan fingerprint density at radius 3 is 2.52 bits per heavy atom. The number of rotatable bonds is 6. The van der Waals surface area contributed by atoms with Crippen molar-refractivity contribution in [3.05, 3.63) is 42.2 Å². The van der Waals surface area contributed by atoms with Gasteiger partial charge in [0.15, 0.2) is 0 Å². The second-order valence-corrected chi connectivity index (χ2v) is 9.84. The van der Waals surface area contributed by atoms with Gasteiger partial charge in [0, 0.05) is 31.1 Å². The van der Waals surface area contributed by atoms with Crippen LogP contribution in [0.2, 0.25) is 0 Å². The highest BCUT2D eigenvalue weighted by Gasteiger charge is 2.41. The van der Waals surface area contributed by atoms with E-state index in [2.05, 4.69) is 5.32 Å². The standard InChI is InChI=1S/C18H21FN4O6S2/c19-13-3-1-12(2-4-13)15-5-6-16(30-15)31(28,29)23-9-8-22(18(26)20-7-10-24)11-14(23)17(25)21-27/h1-6,14,24,27H,7-11H2,(H,20,26)(H,21,25). The number of hydroxylamine groups is 1. The normalized spacial score (nSPS) is 17.4. The number of amides is 3. The molecule has 0 spiro atoms. The van der Waals surface area contributed by atoms with E-state index >= 15 is 0 Å². The summed E-state index contributed by atoms with van der Waals surface area (Å²) >= 11 is 0.965. The van der Waals surface area contributed by atoms with E-state index in [4.69, 9.17) is 10.3 Å². The number of nitrogens with zero attached hydrogens (tertiary/aromatic N) is 2. The number of aliphatic hydroxyl groups excluding tert-OH is 1. The lowest BCUT2D eigenvalue weighted by molar-refractivity contribution is -0.134. The SMILES string of the molecule is O=C(NO)C1CN(C(=O)NCCO)CCN1S(=O)(=O)c1ccc(-c2ccc(F)cc2)s1. The first-order valence-electron chi connectivity index (χ1n) is 9.23. The van der Waals surface area contributed by atoms with Crippen LogP contribution in [0.1, 0.15) is 0 Å². The highest BCUT2D eigenvalue weighted by atomic mass is 32.2. The Morgan fingerprint density at radius 2 is 1.87 bits per heavy atom. The summed E-state index contributed by atoms with van der Waals surface area (Å²) in [5, 5.41) is 20.4. The van der Waals surface area contributed by atoms with E-state index in [1.165, 1.54) is 40.7 Å². The highest BCUT2D eigenvalue weighted by molar-refractivity contribution is 7.91.